The molecule has 51 heavy (non-hydrogen) atoms. The van der Waals surface area contributed by atoms with E-state index in [0.717, 1.165) is 21.7 Å². The molecule has 2 N–H and O–H groups in total. The Morgan fingerprint density at radius 2 is 1.61 bits per heavy atom. The van der Waals surface area contributed by atoms with E-state index in [9.17, 15) is 19.5 Å². The van der Waals surface area contributed by atoms with Gasteiger partial charge >= 0.3 is 0 Å². The molecular formula is C41H36ClN3O6. The maximum atomic E-state index is 15.3. The van der Waals surface area contributed by atoms with Crippen LogP contribution in [-0.4, -0.2) is 40.9 Å². The first-order valence-corrected chi connectivity index (χ1v) is 17.4. The predicted octanol–water partition coefficient (Wildman–Crippen LogP) is 6.86. The van der Waals surface area contributed by atoms with Crippen molar-refractivity contribution in [3.05, 3.63) is 130 Å². The average molecular weight is 702 g/mol. The predicted molar refractivity (Wildman–Crippen MR) is 192 cm³/mol. The van der Waals surface area contributed by atoms with Gasteiger partial charge in [-0.1, -0.05) is 77.3 Å². The van der Waals surface area contributed by atoms with Gasteiger partial charge in [-0.25, -0.2) is 4.90 Å². The fourth-order valence-electron chi connectivity index (χ4n) is 8.96. The molecule has 2 heterocycles. The summed E-state index contributed by atoms with van der Waals surface area (Å²) in [6.45, 7) is 3.80. The summed E-state index contributed by atoms with van der Waals surface area (Å²) in [6.07, 6.45) is 2.35. The number of nitrogens with one attached hydrogen (secondary N) is 1. The number of rotatable bonds is 6. The highest BCUT2D eigenvalue weighted by atomic mass is 35.5. The van der Waals surface area contributed by atoms with Gasteiger partial charge in [0.05, 0.1) is 41.7 Å². The van der Waals surface area contributed by atoms with Crippen LogP contribution in [0, 0.1) is 37.5 Å². The lowest BCUT2D eigenvalue weighted by atomic mass is 9.49. The first-order chi connectivity index (χ1) is 24.6. The molecule has 6 atom stereocenters. The van der Waals surface area contributed by atoms with Crippen molar-refractivity contribution in [1.29, 1.82) is 0 Å². The molecule has 3 fully saturated rings. The van der Waals surface area contributed by atoms with Crippen molar-refractivity contribution in [2.75, 3.05) is 17.4 Å². The number of ether oxygens (including phenoxy) is 1. The first-order valence-electron chi connectivity index (χ1n) is 17.0. The monoisotopic (exact) mass is 701 g/mol. The standard InChI is InChI=1S/C41H36ClN3O6/c1-22-9-12-25(13-10-22)43-45-38(48)32-21-30-28(16-17-29-35(30)39(49)44(37(29)47)26-14-11-23(2)33(42)19-26)36(31-20-27(51-3)15-18-34(31)46)41(32,40(45)50)24-7-5-4-6-8-24/h4-16,18-20,29-30,32,35-36,43,46H,17,21H2,1-3H3. The van der Waals surface area contributed by atoms with Crippen LogP contribution >= 0.6 is 11.6 Å². The molecule has 4 aromatic rings. The van der Waals surface area contributed by atoms with Crippen LogP contribution < -0.4 is 15.1 Å². The lowest BCUT2D eigenvalue weighted by Gasteiger charge is -2.50. The highest BCUT2D eigenvalue weighted by Crippen LogP contribution is 2.65. The Bertz CT molecular complexity index is 2150. The molecule has 0 aromatic heterocycles. The summed E-state index contributed by atoms with van der Waals surface area (Å²) >= 11 is 6.45. The Morgan fingerprint density at radius 1 is 0.863 bits per heavy atom. The molecule has 10 heteroatoms. The summed E-state index contributed by atoms with van der Waals surface area (Å²) in [6, 6.07) is 26.6. The number of imide groups is 2. The third-order valence-corrected chi connectivity index (χ3v) is 11.8. The Balaban J connectivity index is 1.33. The fraction of sp³-hybridized carbons (Fsp3) is 0.268. The number of phenols is 1. The maximum Gasteiger partial charge on any atom is 0.260 e. The molecule has 258 valence electrons. The second-order valence-electron chi connectivity index (χ2n) is 14.0. The minimum absolute atomic E-state index is 0.0755. The summed E-state index contributed by atoms with van der Waals surface area (Å²) in [7, 11) is 1.52. The highest BCUT2D eigenvalue weighted by Gasteiger charge is 2.70. The van der Waals surface area contributed by atoms with Crippen molar-refractivity contribution in [2.45, 2.75) is 38.0 Å². The summed E-state index contributed by atoms with van der Waals surface area (Å²) in [4.78, 5) is 59.9. The number of phenolic OH excluding ortho intramolecular Hbond substituents is 1. The summed E-state index contributed by atoms with van der Waals surface area (Å²) < 4.78 is 5.60. The van der Waals surface area contributed by atoms with Crippen LogP contribution in [0.15, 0.2) is 103 Å². The number of nitrogens with zero attached hydrogens (tertiary/aromatic N) is 2. The lowest BCUT2D eigenvalue weighted by molar-refractivity contribution is -0.138. The number of allylic oxidation sites excluding steroid dienone is 2. The second kappa shape index (κ2) is 12.1. The van der Waals surface area contributed by atoms with Gasteiger partial charge < -0.3 is 9.84 Å². The van der Waals surface area contributed by atoms with Crippen molar-refractivity contribution in [3.8, 4) is 11.5 Å². The van der Waals surface area contributed by atoms with Gasteiger partial charge in [-0.05, 0) is 86.2 Å². The zero-order valence-electron chi connectivity index (χ0n) is 28.3. The van der Waals surface area contributed by atoms with E-state index in [2.05, 4.69) is 5.43 Å². The van der Waals surface area contributed by atoms with E-state index < -0.39 is 46.8 Å². The van der Waals surface area contributed by atoms with Crippen molar-refractivity contribution >= 4 is 46.6 Å². The van der Waals surface area contributed by atoms with E-state index in [4.69, 9.17) is 16.3 Å². The number of benzene rings is 4. The molecule has 8 rings (SSSR count). The van der Waals surface area contributed by atoms with Gasteiger partial charge in [0, 0.05) is 16.5 Å². The summed E-state index contributed by atoms with van der Waals surface area (Å²) in [5.74, 6) is -5.09. The number of methoxy groups -OCH3 is 1. The third kappa shape index (κ3) is 4.82. The molecule has 0 spiro atoms. The van der Waals surface area contributed by atoms with Crippen LogP contribution in [0.3, 0.4) is 0 Å². The number of amides is 4. The molecule has 2 saturated heterocycles. The molecule has 6 unspecified atom stereocenters. The van der Waals surface area contributed by atoms with Crippen molar-refractivity contribution in [3.63, 3.8) is 0 Å². The smallest absolute Gasteiger partial charge is 0.260 e. The SMILES string of the molecule is COc1ccc(O)c(C2C3=CCC4C(=O)N(c5ccc(C)c(Cl)c5)C(=O)C4C3CC3C(=O)N(Nc4ccc(C)cc4)C(=O)C32c2ccccc2)c1. The number of aromatic hydroxyl groups is 1. The van der Waals surface area contributed by atoms with Gasteiger partial charge in [-0.3, -0.25) is 24.6 Å². The summed E-state index contributed by atoms with van der Waals surface area (Å²) in [5, 5.41) is 13.1. The Kier molecular flexibility index (Phi) is 7.79. The Hall–Kier alpha value is -5.41. The molecule has 4 aliphatic rings. The first kappa shape index (κ1) is 32.8. The Morgan fingerprint density at radius 3 is 2.31 bits per heavy atom. The van der Waals surface area contributed by atoms with Gasteiger partial charge in [0.1, 0.15) is 11.5 Å². The minimum atomic E-state index is -1.51. The zero-order valence-corrected chi connectivity index (χ0v) is 29.1. The van der Waals surface area contributed by atoms with Crippen LogP contribution in [0.25, 0.3) is 0 Å². The fourth-order valence-corrected chi connectivity index (χ4v) is 9.13. The summed E-state index contributed by atoms with van der Waals surface area (Å²) in [5.41, 5.74) is 6.13. The zero-order chi connectivity index (χ0) is 35.8. The number of hydrogen-bond acceptors (Lipinski definition) is 7. The van der Waals surface area contributed by atoms with Crippen molar-refractivity contribution < 1.29 is 29.0 Å². The molecule has 4 amide bonds. The van der Waals surface area contributed by atoms with Gasteiger partial charge in [0.25, 0.3) is 11.8 Å². The lowest BCUT2D eigenvalue weighted by Crippen LogP contribution is -2.53. The minimum Gasteiger partial charge on any atom is -0.508 e. The van der Waals surface area contributed by atoms with Gasteiger partial charge in [-0.15, -0.1) is 0 Å². The number of carbonyl (C=O) groups excluding carboxylic acids is 4. The normalized spacial score (nSPS) is 26.8. The maximum absolute atomic E-state index is 15.3. The van der Waals surface area contributed by atoms with E-state index in [1.807, 2.05) is 62.4 Å². The van der Waals surface area contributed by atoms with Crippen LogP contribution in [0.1, 0.15) is 41.0 Å². The van der Waals surface area contributed by atoms with Crippen LogP contribution in [0.4, 0.5) is 11.4 Å². The number of anilines is 2. The molecule has 2 aliphatic heterocycles. The molecule has 2 aliphatic carbocycles. The molecule has 0 bridgehead atoms. The van der Waals surface area contributed by atoms with E-state index in [-0.39, 0.29) is 30.4 Å². The van der Waals surface area contributed by atoms with E-state index in [0.29, 0.717) is 33.3 Å². The van der Waals surface area contributed by atoms with Crippen molar-refractivity contribution in [1.82, 2.24) is 5.01 Å². The van der Waals surface area contributed by atoms with Crippen LogP contribution in [0.5, 0.6) is 11.5 Å². The highest BCUT2D eigenvalue weighted by molar-refractivity contribution is 6.32. The van der Waals surface area contributed by atoms with Crippen LogP contribution in [0.2, 0.25) is 5.02 Å². The largest absolute Gasteiger partial charge is 0.508 e. The van der Waals surface area contributed by atoms with E-state index >= 15 is 4.79 Å². The van der Waals surface area contributed by atoms with Gasteiger partial charge in [0.15, 0.2) is 0 Å². The number of hydrogen-bond donors (Lipinski definition) is 2. The molecule has 1 saturated carbocycles. The number of halogens is 1. The topological polar surface area (TPSA) is 116 Å². The molecule has 9 nitrogen and oxygen atoms in total. The number of aryl methyl sites for hydroxylation is 2. The number of carbonyl (C=O) groups is 4. The third-order valence-electron chi connectivity index (χ3n) is 11.4. The van der Waals surface area contributed by atoms with Gasteiger partial charge in [-0.2, -0.15) is 5.01 Å². The van der Waals surface area contributed by atoms with Crippen LogP contribution in [-0.2, 0) is 24.6 Å². The van der Waals surface area contributed by atoms with E-state index in [1.54, 1.807) is 42.5 Å². The number of hydrazine groups is 1. The molecule has 4 aromatic carbocycles. The van der Waals surface area contributed by atoms with E-state index in [1.165, 1.54) is 18.1 Å². The Labute approximate surface area is 300 Å². The van der Waals surface area contributed by atoms with Gasteiger partial charge in [0.2, 0.25) is 11.8 Å². The van der Waals surface area contributed by atoms with Crippen molar-refractivity contribution in [2.24, 2.45) is 23.7 Å². The number of fused-ring (bicyclic) bond motifs is 4. The quantitative estimate of drug-likeness (QED) is 0.167. The molecular weight excluding hydrogens is 666 g/mol. The average Bonchev–Trinajstić information content (AvgIpc) is 3.52. The molecule has 0 radical (unpaired) electrons. The second-order valence-corrected chi connectivity index (χ2v) is 14.4.